The number of fused-ring (bicyclic) bond motifs is 1. The molecule has 0 bridgehead atoms. The molecule has 0 radical (unpaired) electrons. The van der Waals surface area contributed by atoms with Gasteiger partial charge < -0.3 is 15.0 Å². The van der Waals surface area contributed by atoms with Crippen molar-refractivity contribution in [1.82, 2.24) is 9.88 Å². The van der Waals surface area contributed by atoms with Gasteiger partial charge in [-0.25, -0.2) is 4.98 Å². The first-order valence-electron chi connectivity index (χ1n) is 11.3. The molecule has 7 heteroatoms. The van der Waals surface area contributed by atoms with E-state index in [1.54, 1.807) is 18.4 Å². The molecule has 31 heavy (non-hydrogen) atoms. The summed E-state index contributed by atoms with van der Waals surface area (Å²) in [6, 6.07) is 7.48. The number of nitrogens with zero attached hydrogens (tertiary/aromatic N) is 2. The number of likely N-dealkylation sites (tertiary alicyclic amines) is 1. The topological polar surface area (TPSA) is 71.5 Å². The molecule has 0 saturated carbocycles. The number of aromatic nitrogens is 1. The average molecular weight is 442 g/mol. The van der Waals surface area contributed by atoms with Crippen LogP contribution < -0.4 is 10.1 Å². The number of piperidine rings is 1. The van der Waals surface area contributed by atoms with Gasteiger partial charge in [0.2, 0.25) is 11.8 Å². The van der Waals surface area contributed by atoms with Gasteiger partial charge >= 0.3 is 0 Å². The van der Waals surface area contributed by atoms with Crippen molar-refractivity contribution in [3.05, 3.63) is 40.4 Å². The number of unbranched alkanes of at least 4 members (excludes halogenated alkanes) is 1. The summed E-state index contributed by atoms with van der Waals surface area (Å²) in [5.74, 6) is 0.549. The van der Waals surface area contributed by atoms with Crippen LogP contribution in [0.4, 0.5) is 5.13 Å². The number of carbonyl (C=O) groups excluding carboxylic acids is 2. The van der Waals surface area contributed by atoms with Crippen LogP contribution >= 0.6 is 11.3 Å². The number of ether oxygens (including phenoxy) is 1. The summed E-state index contributed by atoms with van der Waals surface area (Å²) in [5.41, 5.74) is 2.12. The third-order valence-corrected chi connectivity index (χ3v) is 7.40. The first-order chi connectivity index (χ1) is 15.1. The Morgan fingerprint density at radius 2 is 2.00 bits per heavy atom. The molecule has 1 fully saturated rings. The third-order valence-electron chi connectivity index (χ3n) is 6.33. The lowest BCUT2D eigenvalue weighted by molar-refractivity contribution is -0.142. The monoisotopic (exact) mass is 441 g/mol. The zero-order valence-electron chi connectivity index (χ0n) is 18.4. The molecule has 6 nitrogen and oxygen atoms in total. The van der Waals surface area contributed by atoms with Crippen molar-refractivity contribution >= 4 is 28.3 Å². The Labute approximate surface area is 188 Å². The van der Waals surface area contributed by atoms with E-state index in [2.05, 4.69) is 17.2 Å². The summed E-state index contributed by atoms with van der Waals surface area (Å²) >= 11 is 1.60. The average Bonchev–Trinajstić information content (AvgIpc) is 3.20. The zero-order valence-corrected chi connectivity index (χ0v) is 19.2. The number of nitrogens with one attached hydrogen (secondary N) is 1. The minimum atomic E-state index is -0.302. The predicted molar refractivity (Wildman–Crippen MR) is 122 cm³/mol. The van der Waals surface area contributed by atoms with E-state index in [1.807, 2.05) is 29.2 Å². The lowest BCUT2D eigenvalue weighted by Crippen LogP contribution is -2.47. The molecule has 0 spiro atoms. The number of amides is 2. The minimum Gasteiger partial charge on any atom is -0.497 e. The van der Waals surface area contributed by atoms with Crippen LogP contribution in [0.25, 0.3) is 0 Å². The first kappa shape index (κ1) is 21.8. The molecule has 0 unspecified atom stereocenters. The fraction of sp³-hybridized carbons (Fsp3) is 0.542. The number of thiazole rings is 1. The largest absolute Gasteiger partial charge is 0.497 e. The Morgan fingerprint density at radius 1 is 1.23 bits per heavy atom. The van der Waals surface area contributed by atoms with E-state index in [1.165, 1.54) is 17.7 Å². The molecule has 1 N–H and O–H groups in total. The number of methoxy groups -OCH3 is 1. The van der Waals surface area contributed by atoms with Crippen molar-refractivity contribution < 1.29 is 14.3 Å². The number of hydrogen-bond acceptors (Lipinski definition) is 5. The normalized spacial score (nSPS) is 21.0. The number of rotatable bonds is 7. The standard InChI is InChI=1S/C24H31N3O3S/c1-3-4-15-27-21(28)14-13-18(22(27)16-9-11-17(30-2)12-10-16)23(29)26-24-25-19-7-5-6-8-20(19)31-24/h9-12,18,22H,3-8,13-15H2,1-2H3,(H,25,26,29)/t18-,22-/m0/s1. The molecular formula is C24H31N3O3S. The Bertz CT molecular complexity index is 901. The molecule has 1 aliphatic heterocycles. The number of carbonyl (C=O) groups is 2. The van der Waals surface area contributed by atoms with Gasteiger partial charge in [0.1, 0.15) is 5.75 Å². The summed E-state index contributed by atoms with van der Waals surface area (Å²) in [7, 11) is 1.64. The number of aryl methyl sites for hydroxylation is 2. The molecule has 1 aromatic carbocycles. The second-order valence-corrected chi connectivity index (χ2v) is 9.47. The maximum Gasteiger partial charge on any atom is 0.231 e. The van der Waals surface area contributed by atoms with Crippen molar-refractivity contribution in [2.45, 2.75) is 64.3 Å². The van der Waals surface area contributed by atoms with Gasteiger partial charge in [0.25, 0.3) is 0 Å². The summed E-state index contributed by atoms with van der Waals surface area (Å²) in [4.78, 5) is 34.1. The molecule has 4 rings (SSSR count). The van der Waals surface area contributed by atoms with E-state index >= 15 is 0 Å². The van der Waals surface area contributed by atoms with Gasteiger partial charge in [0, 0.05) is 17.8 Å². The van der Waals surface area contributed by atoms with Gasteiger partial charge in [-0.05, 0) is 56.2 Å². The predicted octanol–water partition coefficient (Wildman–Crippen LogP) is 4.75. The molecule has 2 aliphatic rings. The van der Waals surface area contributed by atoms with E-state index in [4.69, 9.17) is 4.74 Å². The third kappa shape index (κ3) is 4.76. The van der Waals surface area contributed by atoms with Crippen LogP contribution in [-0.4, -0.2) is 35.4 Å². The number of hydrogen-bond donors (Lipinski definition) is 1. The van der Waals surface area contributed by atoms with Gasteiger partial charge in [-0.15, -0.1) is 11.3 Å². The van der Waals surface area contributed by atoms with Crippen molar-refractivity contribution in [3.63, 3.8) is 0 Å². The van der Waals surface area contributed by atoms with Crippen molar-refractivity contribution in [2.24, 2.45) is 5.92 Å². The molecule has 2 amide bonds. The second kappa shape index (κ2) is 9.81. The first-order valence-corrected chi connectivity index (χ1v) is 12.1. The lowest BCUT2D eigenvalue weighted by atomic mass is 9.83. The summed E-state index contributed by atoms with van der Waals surface area (Å²) in [6.45, 7) is 2.78. The minimum absolute atomic E-state index is 0.0408. The molecule has 2 aromatic rings. The summed E-state index contributed by atoms with van der Waals surface area (Å²) < 4.78 is 5.30. The van der Waals surface area contributed by atoms with Crippen LogP contribution in [0.3, 0.4) is 0 Å². The fourth-order valence-electron chi connectivity index (χ4n) is 4.64. The summed E-state index contributed by atoms with van der Waals surface area (Å²) in [6.07, 6.45) is 7.30. The van der Waals surface area contributed by atoms with E-state index in [0.29, 0.717) is 24.5 Å². The Hall–Kier alpha value is -2.41. The van der Waals surface area contributed by atoms with Crippen LogP contribution in [0.1, 0.15) is 67.6 Å². The fourth-order valence-corrected chi connectivity index (χ4v) is 5.69. The number of benzene rings is 1. The van der Waals surface area contributed by atoms with Crippen LogP contribution in [0.2, 0.25) is 0 Å². The maximum atomic E-state index is 13.4. The second-order valence-electron chi connectivity index (χ2n) is 8.39. The van der Waals surface area contributed by atoms with E-state index < -0.39 is 0 Å². The Balaban J connectivity index is 1.59. The molecule has 2 heterocycles. The zero-order chi connectivity index (χ0) is 21.8. The SMILES string of the molecule is CCCCN1C(=O)CC[C@H](C(=O)Nc2nc3c(s2)CCCC3)[C@@H]1c1ccc(OC)cc1. The highest BCUT2D eigenvalue weighted by Crippen LogP contribution is 2.39. The van der Waals surface area contributed by atoms with Crippen LogP contribution in [0.15, 0.2) is 24.3 Å². The van der Waals surface area contributed by atoms with Gasteiger partial charge in [0.15, 0.2) is 5.13 Å². The molecule has 2 atom stereocenters. The quantitative estimate of drug-likeness (QED) is 0.673. The molecule has 166 valence electrons. The van der Waals surface area contributed by atoms with Crippen molar-refractivity contribution in [1.29, 1.82) is 0 Å². The molecule has 1 saturated heterocycles. The highest BCUT2D eigenvalue weighted by Gasteiger charge is 2.40. The highest BCUT2D eigenvalue weighted by atomic mass is 32.1. The lowest BCUT2D eigenvalue weighted by Gasteiger charge is -2.41. The van der Waals surface area contributed by atoms with Gasteiger partial charge in [-0.2, -0.15) is 0 Å². The van der Waals surface area contributed by atoms with Crippen LogP contribution in [0, 0.1) is 5.92 Å². The molecule has 1 aromatic heterocycles. The van der Waals surface area contributed by atoms with E-state index in [-0.39, 0.29) is 23.8 Å². The Morgan fingerprint density at radius 3 is 2.71 bits per heavy atom. The van der Waals surface area contributed by atoms with Crippen molar-refractivity contribution in [2.75, 3.05) is 19.0 Å². The van der Waals surface area contributed by atoms with Gasteiger partial charge in [-0.1, -0.05) is 25.5 Å². The van der Waals surface area contributed by atoms with Crippen LogP contribution in [0.5, 0.6) is 5.75 Å². The molecular weight excluding hydrogens is 410 g/mol. The highest BCUT2D eigenvalue weighted by molar-refractivity contribution is 7.15. The van der Waals surface area contributed by atoms with E-state index in [0.717, 1.165) is 42.7 Å². The molecule has 1 aliphatic carbocycles. The Kier molecular flexibility index (Phi) is 6.90. The number of anilines is 1. The van der Waals surface area contributed by atoms with E-state index in [9.17, 15) is 9.59 Å². The summed E-state index contributed by atoms with van der Waals surface area (Å²) in [5, 5.41) is 3.79. The van der Waals surface area contributed by atoms with Gasteiger partial charge in [-0.3, -0.25) is 9.59 Å². The van der Waals surface area contributed by atoms with Crippen molar-refractivity contribution in [3.8, 4) is 5.75 Å². The van der Waals surface area contributed by atoms with Gasteiger partial charge in [0.05, 0.1) is 24.8 Å². The smallest absolute Gasteiger partial charge is 0.231 e. The van der Waals surface area contributed by atoms with Crippen LogP contribution in [-0.2, 0) is 22.4 Å². The maximum absolute atomic E-state index is 13.4.